The van der Waals surface area contributed by atoms with E-state index in [1.165, 1.54) is 18.4 Å². The first-order valence-electron chi connectivity index (χ1n) is 13.1. The smallest absolute Gasteiger partial charge is 0.410 e. The molecular weight excluding hydrogens is 585 g/mol. The summed E-state index contributed by atoms with van der Waals surface area (Å²) in [5.74, 6) is 0.406. The number of allylic oxidation sites excluding steroid dienone is 1. The molecule has 202 valence electrons. The molecule has 4 rings (SSSR count). The first-order valence-corrected chi connectivity index (χ1v) is 14.1. The van der Waals surface area contributed by atoms with Crippen LogP contribution in [0.2, 0.25) is 0 Å². The van der Waals surface area contributed by atoms with Crippen molar-refractivity contribution >= 4 is 40.9 Å². The molecule has 0 spiro atoms. The molecule has 2 fully saturated rings. The van der Waals surface area contributed by atoms with Crippen LogP contribution in [0.4, 0.5) is 4.79 Å². The summed E-state index contributed by atoms with van der Waals surface area (Å²) in [5, 5.41) is 9.49. The van der Waals surface area contributed by atoms with Crippen LogP contribution in [-0.4, -0.2) is 83.2 Å². The van der Waals surface area contributed by atoms with Crippen LogP contribution in [0, 0.1) is 16.4 Å². The fraction of sp³-hybridized carbons (Fsp3) is 0.607. The lowest BCUT2D eigenvalue weighted by Gasteiger charge is -2.41. The van der Waals surface area contributed by atoms with Gasteiger partial charge in [0, 0.05) is 38.4 Å². The molecule has 1 saturated heterocycles. The van der Waals surface area contributed by atoms with Crippen molar-refractivity contribution in [2.45, 2.75) is 77.7 Å². The maximum absolute atomic E-state index is 12.7. The number of aromatic carboxylic acids is 1. The summed E-state index contributed by atoms with van der Waals surface area (Å²) in [6.45, 7) is 12.2. The van der Waals surface area contributed by atoms with E-state index in [-0.39, 0.29) is 29.8 Å². The molecule has 0 bridgehead atoms. The Bertz CT molecular complexity index is 1090. The predicted molar refractivity (Wildman–Crippen MR) is 152 cm³/mol. The average molecular weight is 624 g/mol. The number of halogens is 1. The number of carbonyl (C=O) groups excluding carboxylic acids is 1. The number of hydrogen-bond acceptors (Lipinski definition) is 6. The molecule has 8 nitrogen and oxygen atoms in total. The molecule has 9 heteroatoms. The molecule has 0 aromatic heterocycles. The van der Waals surface area contributed by atoms with Crippen LogP contribution < -0.4 is 4.74 Å². The van der Waals surface area contributed by atoms with Gasteiger partial charge in [0.25, 0.3) is 0 Å². The molecule has 37 heavy (non-hydrogen) atoms. The SMILES string of the molecule is Cc1cc(OC(CN2CCN(C(=O)OC(C)(C)C)[C@H](C)C2)C2CC=C(C3CC3)C=N2)c(I)cc1C(=O)O. The van der Waals surface area contributed by atoms with Gasteiger partial charge in [0.05, 0.1) is 15.2 Å². The zero-order valence-electron chi connectivity index (χ0n) is 22.4. The molecule has 0 radical (unpaired) electrons. The Morgan fingerprint density at radius 3 is 2.54 bits per heavy atom. The average Bonchev–Trinajstić information content (AvgIpc) is 3.65. The topological polar surface area (TPSA) is 91.7 Å². The van der Waals surface area contributed by atoms with E-state index in [2.05, 4.69) is 33.6 Å². The van der Waals surface area contributed by atoms with Crippen molar-refractivity contribution in [3.8, 4) is 5.75 Å². The second-order valence-corrected chi connectivity index (χ2v) is 12.6. The summed E-state index contributed by atoms with van der Waals surface area (Å²) in [7, 11) is 0. The fourth-order valence-electron chi connectivity index (χ4n) is 4.91. The Morgan fingerprint density at radius 2 is 1.97 bits per heavy atom. The highest BCUT2D eigenvalue weighted by Gasteiger charge is 2.35. The third-order valence-corrected chi connectivity index (χ3v) is 7.90. The van der Waals surface area contributed by atoms with Crippen molar-refractivity contribution in [3.63, 3.8) is 0 Å². The lowest BCUT2D eigenvalue weighted by atomic mass is 9.99. The molecule has 2 aliphatic heterocycles. The lowest BCUT2D eigenvalue weighted by Crippen LogP contribution is -2.57. The molecule has 1 N–H and O–H groups in total. The highest BCUT2D eigenvalue weighted by Crippen LogP contribution is 2.37. The Morgan fingerprint density at radius 1 is 1.24 bits per heavy atom. The number of ether oxygens (including phenoxy) is 2. The number of carboxylic acids is 1. The number of hydrogen-bond donors (Lipinski definition) is 1. The highest BCUT2D eigenvalue weighted by molar-refractivity contribution is 14.1. The maximum atomic E-state index is 12.7. The quantitative estimate of drug-likeness (QED) is 0.422. The lowest BCUT2D eigenvalue weighted by molar-refractivity contribution is -0.00396. The van der Waals surface area contributed by atoms with E-state index >= 15 is 0 Å². The van der Waals surface area contributed by atoms with Crippen LogP contribution in [0.15, 0.2) is 28.8 Å². The Balaban J connectivity index is 1.48. The number of benzene rings is 1. The van der Waals surface area contributed by atoms with Crippen LogP contribution in [0.5, 0.6) is 5.75 Å². The van der Waals surface area contributed by atoms with Gasteiger partial charge in [0.2, 0.25) is 0 Å². The monoisotopic (exact) mass is 623 g/mol. The molecule has 2 unspecified atom stereocenters. The first-order chi connectivity index (χ1) is 17.4. The fourth-order valence-corrected chi connectivity index (χ4v) is 5.50. The summed E-state index contributed by atoms with van der Waals surface area (Å²) in [4.78, 5) is 33.3. The van der Waals surface area contributed by atoms with Gasteiger partial charge in [-0.15, -0.1) is 0 Å². The van der Waals surface area contributed by atoms with E-state index in [1.807, 2.05) is 40.0 Å². The molecule has 1 amide bonds. The van der Waals surface area contributed by atoms with Crippen molar-refractivity contribution < 1.29 is 24.2 Å². The number of aliphatic imine (C=N–C) groups is 1. The molecule has 3 atom stereocenters. The minimum Gasteiger partial charge on any atom is -0.486 e. The zero-order valence-corrected chi connectivity index (χ0v) is 24.5. The van der Waals surface area contributed by atoms with Crippen molar-refractivity contribution in [1.82, 2.24) is 9.80 Å². The summed E-state index contributed by atoms with van der Waals surface area (Å²) in [5.41, 5.74) is 1.77. The van der Waals surface area contributed by atoms with Crippen LogP contribution in [0.25, 0.3) is 0 Å². The molecule has 1 aromatic rings. The van der Waals surface area contributed by atoms with Gasteiger partial charge in [-0.2, -0.15) is 0 Å². The molecule has 2 heterocycles. The number of carbonyl (C=O) groups is 2. The van der Waals surface area contributed by atoms with Gasteiger partial charge in [-0.1, -0.05) is 6.08 Å². The minimum atomic E-state index is -0.940. The number of carboxylic acid groups (broad SMARTS) is 1. The molecule has 1 aliphatic carbocycles. The summed E-state index contributed by atoms with van der Waals surface area (Å²) in [6, 6.07) is 3.47. The zero-order chi connectivity index (χ0) is 26.9. The molecular formula is C28H38IN3O5. The second kappa shape index (κ2) is 11.3. The maximum Gasteiger partial charge on any atom is 0.410 e. The number of nitrogens with zero attached hydrogens (tertiary/aromatic N) is 3. The summed E-state index contributed by atoms with van der Waals surface area (Å²) in [6.07, 6.45) is 7.16. The van der Waals surface area contributed by atoms with E-state index in [9.17, 15) is 14.7 Å². The van der Waals surface area contributed by atoms with Gasteiger partial charge in [-0.05, 0) is 106 Å². The second-order valence-electron chi connectivity index (χ2n) is 11.4. The minimum absolute atomic E-state index is 0.0118. The largest absolute Gasteiger partial charge is 0.486 e. The van der Waals surface area contributed by atoms with Crippen LogP contribution >= 0.6 is 22.6 Å². The number of amides is 1. The normalized spacial score (nSPS) is 23.4. The third kappa shape index (κ3) is 7.25. The van der Waals surface area contributed by atoms with Gasteiger partial charge in [-0.25, -0.2) is 9.59 Å². The van der Waals surface area contributed by atoms with Gasteiger partial charge in [-0.3, -0.25) is 9.89 Å². The molecule has 1 saturated carbocycles. The van der Waals surface area contributed by atoms with Gasteiger partial charge < -0.3 is 19.5 Å². The standard InChI is InChI=1S/C28H38IN3O5/c1-17-12-24(22(29)13-21(17)26(33)34)36-25(23-9-8-20(14-30-23)19-6-7-19)16-31-10-11-32(18(2)15-31)27(35)37-28(3,4)5/h8,12-14,18-19,23,25H,6-7,9-11,15-16H2,1-5H3,(H,33,34)/t18-,23?,25?/m1/s1. The van der Waals surface area contributed by atoms with Crippen molar-refractivity contribution in [1.29, 1.82) is 0 Å². The molecule has 3 aliphatic rings. The Hall–Kier alpha value is -2.14. The van der Waals surface area contributed by atoms with E-state index in [0.29, 0.717) is 36.9 Å². The van der Waals surface area contributed by atoms with Gasteiger partial charge in [0.1, 0.15) is 17.5 Å². The van der Waals surface area contributed by atoms with E-state index in [4.69, 9.17) is 14.5 Å². The number of piperazine rings is 1. The van der Waals surface area contributed by atoms with Gasteiger partial charge >= 0.3 is 12.1 Å². The van der Waals surface area contributed by atoms with E-state index in [0.717, 1.165) is 16.5 Å². The third-order valence-electron chi connectivity index (χ3n) is 7.05. The predicted octanol–water partition coefficient (Wildman–Crippen LogP) is 5.17. The summed E-state index contributed by atoms with van der Waals surface area (Å²) >= 11 is 2.14. The van der Waals surface area contributed by atoms with Gasteiger partial charge in [0.15, 0.2) is 0 Å². The number of rotatable bonds is 7. The van der Waals surface area contributed by atoms with E-state index in [1.54, 1.807) is 17.9 Å². The van der Waals surface area contributed by atoms with E-state index < -0.39 is 11.6 Å². The Kier molecular flexibility index (Phi) is 8.52. The molecule has 1 aromatic carbocycles. The van der Waals surface area contributed by atoms with Crippen LogP contribution in [0.1, 0.15) is 62.9 Å². The van der Waals surface area contributed by atoms with Crippen molar-refractivity contribution in [2.24, 2.45) is 10.9 Å². The number of aryl methyl sites for hydroxylation is 1. The van der Waals surface area contributed by atoms with Crippen molar-refractivity contribution in [3.05, 3.63) is 38.5 Å². The summed E-state index contributed by atoms with van der Waals surface area (Å²) < 4.78 is 13.0. The first kappa shape index (κ1) is 27.9. The van der Waals surface area contributed by atoms with Crippen molar-refractivity contribution in [2.75, 3.05) is 26.2 Å². The van der Waals surface area contributed by atoms with Crippen LogP contribution in [-0.2, 0) is 4.74 Å². The Labute approximate surface area is 233 Å². The van der Waals surface area contributed by atoms with Crippen LogP contribution in [0.3, 0.4) is 0 Å². The highest BCUT2D eigenvalue weighted by atomic mass is 127. The number of dihydropyridines is 1.